The van der Waals surface area contributed by atoms with Crippen molar-refractivity contribution in [3.8, 4) is 18.2 Å². The Morgan fingerprint density at radius 1 is 1.18 bits per heavy atom. The molecule has 11 heavy (non-hydrogen) atoms. The first-order valence-electron chi connectivity index (χ1n) is 3.18. The summed E-state index contributed by atoms with van der Waals surface area (Å²) >= 11 is 0. The third-order valence-corrected chi connectivity index (χ3v) is 1.03. The van der Waals surface area contributed by atoms with Crippen molar-refractivity contribution in [3.05, 3.63) is 12.2 Å². The fourth-order valence-corrected chi connectivity index (χ4v) is 0.495. The molecule has 0 spiro atoms. The van der Waals surface area contributed by atoms with Crippen LogP contribution in [0, 0.1) is 39.9 Å². The van der Waals surface area contributed by atoms with Crippen molar-refractivity contribution in [3.63, 3.8) is 0 Å². The van der Waals surface area contributed by atoms with Crippen LogP contribution >= 0.6 is 0 Å². The molecule has 0 aromatic heterocycles. The van der Waals surface area contributed by atoms with E-state index in [1.807, 2.05) is 6.07 Å². The van der Waals surface area contributed by atoms with Crippen LogP contribution in [0.15, 0.2) is 12.2 Å². The lowest BCUT2D eigenvalue weighted by molar-refractivity contribution is 1.02. The Balaban J connectivity index is 3.69. The summed E-state index contributed by atoms with van der Waals surface area (Å²) in [4.78, 5) is 0. The number of nitrogens with zero attached hydrogens (tertiary/aromatic N) is 3. The number of nitriles is 3. The Kier molecular flexibility index (Phi) is 5.30. The van der Waals surface area contributed by atoms with Gasteiger partial charge in [0, 0.05) is 6.42 Å². The van der Waals surface area contributed by atoms with Gasteiger partial charge >= 0.3 is 0 Å². The third-order valence-electron chi connectivity index (χ3n) is 1.03. The summed E-state index contributed by atoms with van der Waals surface area (Å²) in [6.45, 7) is 0. The molecule has 0 aromatic rings. The molecular formula is C8H7N3. The largest absolute Gasteiger partial charge is 0.198 e. The molecule has 0 aliphatic rings. The number of rotatable bonds is 3. The summed E-state index contributed by atoms with van der Waals surface area (Å²) in [6, 6.07) is 5.56. The molecule has 0 amide bonds. The maximum absolute atomic E-state index is 8.29. The van der Waals surface area contributed by atoms with Gasteiger partial charge in [-0.05, 0) is 6.42 Å². The van der Waals surface area contributed by atoms with Gasteiger partial charge in [0.05, 0.1) is 18.2 Å². The molecule has 0 rings (SSSR count). The standard InChI is InChI=1S/C8H7N3/c9-5-3-1-2-4-8(6-10)7-11/h2,4,8H,1,3H2. The molecule has 0 unspecified atom stereocenters. The second kappa shape index (κ2) is 6.33. The molecule has 0 heterocycles. The highest BCUT2D eigenvalue weighted by molar-refractivity contribution is 5.11. The van der Waals surface area contributed by atoms with Crippen LogP contribution in [0.2, 0.25) is 0 Å². The topological polar surface area (TPSA) is 71.4 Å². The molecule has 0 radical (unpaired) electrons. The summed E-state index contributed by atoms with van der Waals surface area (Å²) in [5, 5.41) is 24.7. The minimum absolute atomic E-state index is 0.431. The highest BCUT2D eigenvalue weighted by Gasteiger charge is 1.95. The Labute approximate surface area is 65.8 Å². The maximum Gasteiger partial charge on any atom is 0.151 e. The van der Waals surface area contributed by atoms with Crippen molar-refractivity contribution < 1.29 is 0 Å². The Bertz CT molecular complexity index is 232. The van der Waals surface area contributed by atoms with E-state index in [2.05, 4.69) is 0 Å². The fourth-order valence-electron chi connectivity index (χ4n) is 0.495. The van der Waals surface area contributed by atoms with E-state index in [1.54, 1.807) is 18.2 Å². The zero-order valence-corrected chi connectivity index (χ0v) is 5.99. The fraction of sp³-hybridized carbons (Fsp3) is 0.375. The molecule has 0 aromatic carbocycles. The van der Waals surface area contributed by atoms with Gasteiger partial charge in [0.1, 0.15) is 0 Å². The lowest BCUT2D eigenvalue weighted by Crippen LogP contribution is -1.84. The van der Waals surface area contributed by atoms with Crippen molar-refractivity contribution in [2.24, 2.45) is 5.92 Å². The van der Waals surface area contributed by atoms with Crippen LogP contribution in [-0.4, -0.2) is 0 Å². The first-order chi connectivity index (χ1) is 5.35. The van der Waals surface area contributed by atoms with E-state index < -0.39 is 5.92 Å². The van der Waals surface area contributed by atoms with Gasteiger partial charge in [-0.2, -0.15) is 15.8 Å². The van der Waals surface area contributed by atoms with Crippen LogP contribution in [0.5, 0.6) is 0 Å². The number of allylic oxidation sites excluding steroid dienone is 2. The van der Waals surface area contributed by atoms with Crippen molar-refractivity contribution in [2.75, 3.05) is 0 Å². The normalized spacial score (nSPS) is 8.91. The molecule has 0 saturated heterocycles. The molecule has 0 saturated carbocycles. The molecule has 0 bridgehead atoms. The molecule has 0 aliphatic carbocycles. The highest BCUT2D eigenvalue weighted by Crippen LogP contribution is 1.96. The smallest absolute Gasteiger partial charge is 0.151 e. The minimum atomic E-state index is -0.673. The summed E-state index contributed by atoms with van der Waals surface area (Å²) in [5.74, 6) is -0.673. The molecule has 3 heteroatoms. The summed E-state index contributed by atoms with van der Waals surface area (Å²) in [6.07, 6.45) is 4.23. The van der Waals surface area contributed by atoms with Gasteiger partial charge in [-0.1, -0.05) is 12.2 Å². The average Bonchev–Trinajstić information content (AvgIpc) is 2.05. The van der Waals surface area contributed by atoms with Crippen LogP contribution in [0.3, 0.4) is 0 Å². The van der Waals surface area contributed by atoms with E-state index in [1.165, 1.54) is 6.08 Å². The second-order valence-electron chi connectivity index (χ2n) is 1.86. The lowest BCUT2D eigenvalue weighted by atomic mass is 10.1. The average molecular weight is 145 g/mol. The van der Waals surface area contributed by atoms with Gasteiger partial charge in [0.25, 0.3) is 0 Å². The van der Waals surface area contributed by atoms with Crippen LogP contribution < -0.4 is 0 Å². The zero-order valence-electron chi connectivity index (χ0n) is 5.99. The van der Waals surface area contributed by atoms with Crippen molar-refractivity contribution in [2.45, 2.75) is 12.8 Å². The van der Waals surface area contributed by atoms with Gasteiger partial charge in [-0.3, -0.25) is 0 Å². The SMILES string of the molecule is N#CCCC=CC(C#N)C#N. The molecule has 0 aliphatic heterocycles. The summed E-state index contributed by atoms with van der Waals surface area (Å²) < 4.78 is 0. The number of hydrogen-bond acceptors (Lipinski definition) is 3. The number of unbranched alkanes of at least 4 members (excludes halogenated alkanes) is 1. The summed E-state index contributed by atoms with van der Waals surface area (Å²) in [7, 11) is 0. The van der Waals surface area contributed by atoms with Crippen LogP contribution in [0.4, 0.5) is 0 Å². The van der Waals surface area contributed by atoms with E-state index in [-0.39, 0.29) is 0 Å². The van der Waals surface area contributed by atoms with Crippen molar-refractivity contribution in [1.29, 1.82) is 15.8 Å². The molecular weight excluding hydrogens is 138 g/mol. The molecule has 0 atom stereocenters. The van der Waals surface area contributed by atoms with Crippen LogP contribution in [0.25, 0.3) is 0 Å². The second-order valence-corrected chi connectivity index (χ2v) is 1.86. The molecule has 3 nitrogen and oxygen atoms in total. The van der Waals surface area contributed by atoms with Crippen molar-refractivity contribution >= 4 is 0 Å². The predicted molar refractivity (Wildman–Crippen MR) is 38.7 cm³/mol. The summed E-state index contributed by atoms with van der Waals surface area (Å²) in [5.41, 5.74) is 0. The highest BCUT2D eigenvalue weighted by atomic mass is 14.3. The van der Waals surface area contributed by atoms with Gasteiger partial charge in [0.2, 0.25) is 0 Å². The van der Waals surface area contributed by atoms with Gasteiger partial charge in [0.15, 0.2) is 5.92 Å². The van der Waals surface area contributed by atoms with Gasteiger partial charge in [-0.15, -0.1) is 0 Å². The Morgan fingerprint density at radius 2 is 1.82 bits per heavy atom. The van der Waals surface area contributed by atoms with E-state index in [9.17, 15) is 0 Å². The Morgan fingerprint density at radius 3 is 2.27 bits per heavy atom. The first kappa shape index (κ1) is 9.21. The van der Waals surface area contributed by atoms with E-state index in [4.69, 9.17) is 15.8 Å². The molecule has 0 N–H and O–H groups in total. The van der Waals surface area contributed by atoms with Crippen LogP contribution in [-0.2, 0) is 0 Å². The third kappa shape index (κ3) is 4.70. The molecule has 54 valence electrons. The quantitative estimate of drug-likeness (QED) is 0.446. The van der Waals surface area contributed by atoms with Gasteiger partial charge in [-0.25, -0.2) is 0 Å². The Hall–Kier alpha value is -1.79. The van der Waals surface area contributed by atoms with E-state index in [0.717, 1.165) is 0 Å². The minimum Gasteiger partial charge on any atom is -0.198 e. The lowest BCUT2D eigenvalue weighted by Gasteiger charge is -1.85. The van der Waals surface area contributed by atoms with Crippen LogP contribution in [0.1, 0.15) is 12.8 Å². The first-order valence-corrected chi connectivity index (χ1v) is 3.18. The number of hydrogen-bond donors (Lipinski definition) is 0. The van der Waals surface area contributed by atoms with E-state index >= 15 is 0 Å². The van der Waals surface area contributed by atoms with E-state index in [0.29, 0.717) is 12.8 Å². The zero-order chi connectivity index (χ0) is 8.53. The van der Waals surface area contributed by atoms with Crippen molar-refractivity contribution in [1.82, 2.24) is 0 Å². The maximum atomic E-state index is 8.29. The predicted octanol–water partition coefficient (Wildman–Crippen LogP) is 1.51. The monoisotopic (exact) mass is 145 g/mol. The molecule has 0 fully saturated rings. The van der Waals surface area contributed by atoms with Gasteiger partial charge < -0.3 is 0 Å².